The number of hydrogen-bond donors (Lipinski definition) is 0. The first-order chi connectivity index (χ1) is 7.24. The van der Waals surface area contributed by atoms with Gasteiger partial charge >= 0.3 is 8.80 Å². The summed E-state index contributed by atoms with van der Waals surface area (Å²) < 4.78 is 17.0. The fourth-order valence-corrected chi connectivity index (χ4v) is 4.02. The first-order valence-electron chi connectivity index (χ1n) is 5.60. The summed E-state index contributed by atoms with van der Waals surface area (Å²) >= 11 is 0. The fraction of sp³-hybridized carbons (Fsp3) is 0.818. The lowest BCUT2D eigenvalue weighted by Gasteiger charge is -2.28. The molecule has 0 saturated carbocycles. The summed E-state index contributed by atoms with van der Waals surface area (Å²) in [5, 5.41) is 0. The molecule has 3 nitrogen and oxygen atoms in total. The van der Waals surface area contributed by atoms with Gasteiger partial charge in [-0.3, -0.25) is 0 Å². The van der Waals surface area contributed by atoms with Gasteiger partial charge in [0.1, 0.15) is 0 Å². The van der Waals surface area contributed by atoms with Crippen molar-refractivity contribution in [3.05, 3.63) is 0 Å². The van der Waals surface area contributed by atoms with E-state index in [9.17, 15) is 0 Å². The number of rotatable bonds is 9. The van der Waals surface area contributed by atoms with Gasteiger partial charge in [-0.05, 0) is 27.2 Å². The van der Waals surface area contributed by atoms with E-state index in [1.54, 1.807) is 0 Å². The Balaban J connectivity index is 4.25. The fourth-order valence-electron chi connectivity index (χ4n) is 1.41. The number of terminal acetylenes is 1. The average Bonchev–Trinajstić information content (AvgIpc) is 2.19. The van der Waals surface area contributed by atoms with Crippen molar-refractivity contribution in [2.45, 2.75) is 39.7 Å². The Hall–Kier alpha value is -0.343. The van der Waals surface area contributed by atoms with Gasteiger partial charge in [-0.2, -0.15) is 0 Å². The van der Waals surface area contributed by atoms with Crippen LogP contribution in [0.25, 0.3) is 0 Å². The monoisotopic (exact) mass is 230 g/mol. The summed E-state index contributed by atoms with van der Waals surface area (Å²) in [4.78, 5) is 0. The van der Waals surface area contributed by atoms with E-state index in [-0.39, 0.29) is 0 Å². The van der Waals surface area contributed by atoms with Crippen molar-refractivity contribution < 1.29 is 13.3 Å². The maximum atomic E-state index is 5.68. The molecule has 0 aromatic carbocycles. The predicted molar refractivity (Wildman–Crippen MR) is 63.5 cm³/mol. The molecule has 0 fully saturated rings. The van der Waals surface area contributed by atoms with Crippen molar-refractivity contribution in [2.75, 3.05) is 19.8 Å². The van der Waals surface area contributed by atoms with Crippen LogP contribution >= 0.6 is 0 Å². The molecule has 0 aliphatic carbocycles. The molecule has 88 valence electrons. The van der Waals surface area contributed by atoms with E-state index in [1.165, 1.54) is 0 Å². The van der Waals surface area contributed by atoms with Crippen molar-refractivity contribution in [1.82, 2.24) is 0 Å². The summed E-state index contributed by atoms with van der Waals surface area (Å²) in [5.74, 6) is 2.62. The SMILES string of the molecule is C#CCCC[Si](OCC)(OCC)OCC. The molecule has 0 unspecified atom stereocenters. The van der Waals surface area contributed by atoms with Crippen molar-refractivity contribution in [2.24, 2.45) is 0 Å². The molecule has 4 heteroatoms. The van der Waals surface area contributed by atoms with Crippen LogP contribution in [0.1, 0.15) is 33.6 Å². The van der Waals surface area contributed by atoms with E-state index in [2.05, 4.69) is 5.92 Å². The lowest BCUT2D eigenvalue weighted by atomic mass is 10.4. The van der Waals surface area contributed by atoms with E-state index in [0.717, 1.165) is 18.9 Å². The summed E-state index contributed by atoms with van der Waals surface area (Å²) in [7, 11) is -2.43. The van der Waals surface area contributed by atoms with E-state index >= 15 is 0 Å². The van der Waals surface area contributed by atoms with E-state index in [0.29, 0.717) is 19.8 Å². The van der Waals surface area contributed by atoms with Crippen LogP contribution in [0.5, 0.6) is 0 Å². The van der Waals surface area contributed by atoms with Gasteiger partial charge in [-0.1, -0.05) is 0 Å². The minimum Gasteiger partial charge on any atom is -0.374 e. The predicted octanol–water partition coefficient (Wildman–Crippen LogP) is 2.45. The quantitative estimate of drug-likeness (QED) is 0.346. The molecule has 0 heterocycles. The molecular weight excluding hydrogens is 208 g/mol. The Bertz CT molecular complexity index is 172. The molecule has 0 aromatic rings. The highest BCUT2D eigenvalue weighted by Gasteiger charge is 2.39. The molecule has 0 saturated heterocycles. The Morgan fingerprint density at radius 3 is 1.80 bits per heavy atom. The minimum absolute atomic E-state index is 0.627. The van der Waals surface area contributed by atoms with Crippen LogP contribution in [-0.4, -0.2) is 28.6 Å². The molecular formula is C11H22O3Si. The maximum absolute atomic E-state index is 5.68. The Labute approximate surface area is 94.5 Å². The Kier molecular flexibility index (Phi) is 8.72. The van der Waals surface area contributed by atoms with Gasteiger partial charge in [-0.15, -0.1) is 12.3 Å². The highest BCUT2D eigenvalue weighted by molar-refractivity contribution is 6.60. The lowest BCUT2D eigenvalue weighted by Crippen LogP contribution is -2.45. The maximum Gasteiger partial charge on any atom is 0.500 e. The van der Waals surface area contributed by atoms with Gasteiger partial charge in [0.05, 0.1) is 0 Å². The lowest BCUT2D eigenvalue weighted by molar-refractivity contribution is 0.0709. The largest absolute Gasteiger partial charge is 0.500 e. The van der Waals surface area contributed by atoms with Crippen molar-refractivity contribution >= 4 is 8.80 Å². The molecule has 0 atom stereocenters. The molecule has 0 spiro atoms. The van der Waals surface area contributed by atoms with E-state index < -0.39 is 8.80 Å². The van der Waals surface area contributed by atoms with Crippen LogP contribution in [0, 0.1) is 12.3 Å². The minimum atomic E-state index is -2.43. The molecule has 0 amide bonds. The molecule has 0 rings (SSSR count). The van der Waals surface area contributed by atoms with E-state index in [1.807, 2.05) is 20.8 Å². The summed E-state index contributed by atoms with van der Waals surface area (Å²) in [6, 6.07) is 0.812. The van der Waals surface area contributed by atoms with Crippen LogP contribution < -0.4 is 0 Å². The number of unbranched alkanes of at least 4 members (excludes halogenated alkanes) is 1. The third-order valence-electron chi connectivity index (χ3n) is 1.90. The standard InChI is InChI=1S/C11H22O3Si/c1-5-9-10-11-15(12-6-2,13-7-3)14-8-4/h1H,6-11H2,2-4H3. The zero-order chi connectivity index (χ0) is 11.6. The molecule has 0 aliphatic rings. The van der Waals surface area contributed by atoms with Gasteiger partial charge in [0, 0.05) is 32.3 Å². The van der Waals surface area contributed by atoms with Crippen LogP contribution in [0.4, 0.5) is 0 Å². The summed E-state index contributed by atoms with van der Waals surface area (Å²) in [5.41, 5.74) is 0. The summed E-state index contributed by atoms with van der Waals surface area (Å²) in [6.45, 7) is 7.76. The zero-order valence-corrected chi connectivity index (χ0v) is 11.0. The molecule has 0 bridgehead atoms. The van der Waals surface area contributed by atoms with Gasteiger partial charge in [-0.25, -0.2) is 0 Å². The second kappa shape index (κ2) is 8.92. The highest BCUT2D eigenvalue weighted by atomic mass is 28.4. The van der Waals surface area contributed by atoms with Crippen LogP contribution in [-0.2, 0) is 13.3 Å². The molecule has 0 aliphatic heterocycles. The van der Waals surface area contributed by atoms with Crippen LogP contribution in [0.2, 0.25) is 6.04 Å². The first-order valence-corrected chi connectivity index (χ1v) is 7.53. The van der Waals surface area contributed by atoms with E-state index in [4.69, 9.17) is 19.7 Å². The highest BCUT2D eigenvalue weighted by Crippen LogP contribution is 2.18. The van der Waals surface area contributed by atoms with Crippen molar-refractivity contribution in [1.29, 1.82) is 0 Å². The second-order valence-electron chi connectivity index (χ2n) is 3.04. The van der Waals surface area contributed by atoms with Gasteiger partial charge in [0.2, 0.25) is 0 Å². The van der Waals surface area contributed by atoms with Crippen molar-refractivity contribution in [3.8, 4) is 12.3 Å². The molecule has 15 heavy (non-hydrogen) atoms. The third-order valence-corrected chi connectivity index (χ3v) is 5.05. The zero-order valence-electron chi connectivity index (χ0n) is 10.0. The Morgan fingerprint density at radius 2 is 1.47 bits per heavy atom. The van der Waals surface area contributed by atoms with Crippen LogP contribution in [0.15, 0.2) is 0 Å². The number of hydrogen-bond acceptors (Lipinski definition) is 3. The smallest absolute Gasteiger partial charge is 0.374 e. The average molecular weight is 230 g/mol. The second-order valence-corrected chi connectivity index (χ2v) is 5.77. The molecule has 0 radical (unpaired) electrons. The summed E-state index contributed by atoms with van der Waals surface area (Å²) in [6.07, 6.45) is 6.88. The van der Waals surface area contributed by atoms with Crippen molar-refractivity contribution in [3.63, 3.8) is 0 Å². The van der Waals surface area contributed by atoms with Gasteiger partial charge < -0.3 is 13.3 Å². The topological polar surface area (TPSA) is 27.7 Å². The Morgan fingerprint density at radius 1 is 1.00 bits per heavy atom. The third kappa shape index (κ3) is 5.95. The molecule has 0 aromatic heterocycles. The molecule has 0 N–H and O–H groups in total. The normalized spacial score (nSPS) is 11.3. The van der Waals surface area contributed by atoms with Gasteiger partial charge in [0.25, 0.3) is 0 Å². The van der Waals surface area contributed by atoms with Crippen LogP contribution in [0.3, 0.4) is 0 Å². The first kappa shape index (κ1) is 14.7. The van der Waals surface area contributed by atoms with Gasteiger partial charge in [0.15, 0.2) is 0 Å².